The number of methoxy groups -OCH3 is 1. The third-order valence-electron chi connectivity index (χ3n) is 3.48. The SMILES string of the molecule is COc1ccc(C=CC(=O)Nc2nc(-c3ccc(Cl)cc3Cl)cs2)cc1. The van der Waals surface area contributed by atoms with E-state index >= 15 is 0 Å². The predicted octanol–water partition coefficient (Wildman–Crippen LogP) is 5.78. The van der Waals surface area contributed by atoms with E-state index < -0.39 is 0 Å². The van der Waals surface area contributed by atoms with Crippen LogP contribution in [0.2, 0.25) is 10.0 Å². The van der Waals surface area contributed by atoms with E-state index in [0.717, 1.165) is 16.9 Å². The summed E-state index contributed by atoms with van der Waals surface area (Å²) >= 11 is 13.4. The quantitative estimate of drug-likeness (QED) is 0.548. The number of rotatable bonds is 5. The molecular formula is C19H14Cl2N2O2S. The minimum Gasteiger partial charge on any atom is -0.497 e. The normalized spacial score (nSPS) is 10.9. The Bertz CT molecular complexity index is 952. The summed E-state index contributed by atoms with van der Waals surface area (Å²) in [4.78, 5) is 16.5. The van der Waals surface area contributed by atoms with E-state index in [9.17, 15) is 4.79 Å². The Morgan fingerprint density at radius 3 is 2.65 bits per heavy atom. The topological polar surface area (TPSA) is 51.2 Å². The zero-order valence-corrected chi connectivity index (χ0v) is 16.0. The molecule has 7 heteroatoms. The molecule has 1 heterocycles. The van der Waals surface area contributed by atoms with Crippen LogP contribution in [0.25, 0.3) is 17.3 Å². The molecule has 0 aliphatic carbocycles. The first-order chi connectivity index (χ1) is 12.5. The predicted molar refractivity (Wildman–Crippen MR) is 108 cm³/mol. The lowest BCUT2D eigenvalue weighted by atomic mass is 10.2. The number of carbonyl (C=O) groups excluding carboxylic acids is 1. The summed E-state index contributed by atoms with van der Waals surface area (Å²) in [5, 5.41) is 6.15. The van der Waals surface area contributed by atoms with Crippen molar-refractivity contribution in [3.05, 3.63) is 69.5 Å². The molecule has 0 unspecified atom stereocenters. The second-order valence-corrected chi connectivity index (χ2v) is 6.96. The summed E-state index contributed by atoms with van der Waals surface area (Å²) in [5.74, 6) is 0.506. The van der Waals surface area contributed by atoms with Crippen molar-refractivity contribution in [3.63, 3.8) is 0 Å². The molecule has 0 saturated carbocycles. The Balaban J connectivity index is 1.66. The number of ether oxygens (including phenoxy) is 1. The Hall–Kier alpha value is -2.34. The summed E-state index contributed by atoms with van der Waals surface area (Å²) in [7, 11) is 1.61. The van der Waals surface area contributed by atoms with Gasteiger partial charge in [0.1, 0.15) is 5.75 Å². The average molecular weight is 405 g/mol. The molecule has 0 aliphatic heterocycles. The summed E-state index contributed by atoms with van der Waals surface area (Å²) in [6.45, 7) is 0. The number of halogens is 2. The van der Waals surface area contributed by atoms with Crippen LogP contribution >= 0.6 is 34.5 Å². The van der Waals surface area contributed by atoms with Crippen molar-refractivity contribution >= 4 is 51.7 Å². The van der Waals surface area contributed by atoms with E-state index in [1.807, 2.05) is 29.6 Å². The van der Waals surface area contributed by atoms with Gasteiger partial charge < -0.3 is 4.74 Å². The van der Waals surface area contributed by atoms with Crippen LogP contribution in [0.1, 0.15) is 5.56 Å². The Morgan fingerprint density at radius 2 is 1.96 bits per heavy atom. The van der Waals surface area contributed by atoms with Crippen LogP contribution in [0.4, 0.5) is 5.13 Å². The number of nitrogens with zero attached hydrogens (tertiary/aromatic N) is 1. The molecule has 1 N–H and O–H groups in total. The molecule has 3 aromatic rings. The summed E-state index contributed by atoms with van der Waals surface area (Å²) in [6.07, 6.45) is 3.18. The molecule has 0 fully saturated rings. The van der Waals surface area contributed by atoms with Gasteiger partial charge in [0.25, 0.3) is 0 Å². The molecular weight excluding hydrogens is 391 g/mol. The van der Waals surface area contributed by atoms with Crippen molar-refractivity contribution in [2.24, 2.45) is 0 Å². The lowest BCUT2D eigenvalue weighted by Gasteiger charge is -2.01. The van der Waals surface area contributed by atoms with Crippen LogP contribution < -0.4 is 10.1 Å². The lowest BCUT2D eigenvalue weighted by molar-refractivity contribution is -0.111. The van der Waals surface area contributed by atoms with E-state index in [4.69, 9.17) is 27.9 Å². The third-order valence-corrected chi connectivity index (χ3v) is 4.79. The van der Waals surface area contributed by atoms with Crippen LogP contribution in [0, 0.1) is 0 Å². The fourth-order valence-corrected chi connectivity index (χ4v) is 3.40. The van der Waals surface area contributed by atoms with Gasteiger partial charge in [-0.1, -0.05) is 35.3 Å². The van der Waals surface area contributed by atoms with Crippen LogP contribution in [-0.2, 0) is 4.79 Å². The number of nitrogens with one attached hydrogen (secondary N) is 1. The first-order valence-corrected chi connectivity index (χ1v) is 9.23. The third kappa shape index (κ3) is 4.64. The fraction of sp³-hybridized carbons (Fsp3) is 0.0526. The van der Waals surface area contributed by atoms with Gasteiger partial charge in [-0.05, 0) is 42.0 Å². The smallest absolute Gasteiger partial charge is 0.250 e. The molecule has 0 aliphatic rings. The number of hydrogen-bond donors (Lipinski definition) is 1. The summed E-state index contributed by atoms with van der Waals surface area (Å²) < 4.78 is 5.10. The molecule has 2 aromatic carbocycles. The molecule has 0 atom stereocenters. The van der Waals surface area contributed by atoms with Crippen LogP contribution in [0.5, 0.6) is 5.75 Å². The number of anilines is 1. The minimum absolute atomic E-state index is 0.260. The largest absolute Gasteiger partial charge is 0.497 e. The second-order valence-electron chi connectivity index (χ2n) is 5.26. The van der Waals surface area contributed by atoms with Gasteiger partial charge in [0, 0.05) is 22.0 Å². The van der Waals surface area contributed by atoms with E-state index in [0.29, 0.717) is 20.9 Å². The monoisotopic (exact) mass is 404 g/mol. The lowest BCUT2D eigenvalue weighted by Crippen LogP contribution is -2.07. The Kier molecular flexibility index (Phi) is 5.93. The number of hydrogen-bond acceptors (Lipinski definition) is 4. The first-order valence-electron chi connectivity index (χ1n) is 7.59. The molecule has 1 aromatic heterocycles. The van der Waals surface area contributed by atoms with E-state index in [-0.39, 0.29) is 5.91 Å². The van der Waals surface area contributed by atoms with E-state index in [1.54, 1.807) is 31.4 Å². The van der Waals surface area contributed by atoms with Crippen LogP contribution in [0.3, 0.4) is 0 Å². The van der Waals surface area contributed by atoms with Gasteiger partial charge in [-0.25, -0.2) is 4.98 Å². The van der Waals surface area contributed by atoms with Gasteiger partial charge in [-0.2, -0.15) is 0 Å². The molecule has 26 heavy (non-hydrogen) atoms. The maximum atomic E-state index is 12.1. The molecule has 0 saturated heterocycles. The highest BCUT2D eigenvalue weighted by Crippen LogP contribution is 2.32. The van der Waals surface area contributed by atoms with Gasteiger partial charge >= 0.3 is 0 Å². The van der Waals surface area contributed by atoms with Crippen molar-refractivity contribution in [1.29, 1.82) is 0 Å². The first kappa shape index (κ1) is 18.5. The highest BCUT2D eigenvalue weighted by atomic mass is 35.5. The van der Waals surface area contributed by atoms with Crippen molar-refractivity contribution in [1.82, 2.24) is 4.98 Å². The van der Waals surface area contributed by atoms with Crippen molar-refractivity contribution in [2.75, 3.05) is 12.4 Å². The Morgan fingerprint density at radius 1 is 1.19 bits per heavy atom. The van der Waals surface area contributed by atoms with Crippen molar-refractivity contribution < 1.29 is 9.53 Å². The molecule has 0 bridgehead atoms. The van der Waals surface area contributed by atoms with Gasteiger partial charge in [0.15, 0.2) is 5.13 Å². The van der Waals surface area contributed by atoms with Crippen molar-refractivity contribution in [3.8, 4) is 17.0 Å². The summed E-state index contributed by atoms with van der Waals surface area (Å²) in [5.41, 5.74) is 2.35. The van der Waals surface area contributed by atoms with Gasteiger partial charge in [0.2, 0.25) is 5.91 Å². The molecule has 132 valence electrons. The molecule has 4 nitrogen and oxygen atoms in total. The number of carbonyl (C=O) groups is 1. The highest BCUT2D eigenvalue weighted by Gasteiger charge is 2.10. The average Bonchev–Trinajstić information content (AvgIpc) is 3.08. The highest BCUT2D eigenvalue weighted by molar-refractivity contribution is 7.14. The zero-order chi connectivity index (χ0) is 18.5. The van der Waals surface area contributed by atoms with E-state index in [1.165, 1.54) is 17.4 Å². The standard InChI is InChI=1S/C19H14Cl2N2O2S/c1-25-14-6-2-12(3-7-14)4-9-18(24)23-19-22-17(11-26-19)15-8-5-13(20)10-16(15)21/h2-11H,1H3,(H,22,23,24). The summed E-state index contributed by atoms with van der Waals surface area (Å²) in [6, 6.07) is 12.6. The van der Waals surface area contributed by atoms with Crippen LogP contribution in [-0.4, -0.2) is 18.0 Å². The maximum absolute atomic E-state index is 12.1. The van der Waals surface area contributed by atoms with Gasteiger partial charge in [-0.15, -0.1) is 11.3 Å². The second kappa shape index (κ2) is 8.36. The molecule has 3 rings (SSSR count). The number of thiazole rings is 1. The number of benzene rings is 2. The maximum Gasteiger partial charge on any atom is 0.250 e. The van der Waals surface area contributed by atoms with E-state index in [2.05, 4.69) is 10.3 Å². The number of amides is 1. The molecule has 1 amide bonds. The van der Waals surface area contributed by atoms with Crippen LogP contribution in [0.15, 0.2) is 53.9 Å². The molecule has 0 radical (unpaired) electrons. The Labute approximate surface area is 165 Å². The van der Waals surface area contributed by atoms with Crippen molar-refractivity contribution in [2.45, 2.75) is 0 Å². The minimum atomic E-state index is -0.260. The fourth-order valence-electron chi connectivity index (χ4n) is 2.19. The molecule has 0 spiro atoms. The zero-order valence-electron chi connectivity index (χ0n) is 13.7. The number of aromatic nitrogens is 1. The van der Waals surface area contributed by atoms with Gasteiger partial charge in [0.05, 0.1) is 17.8 Å². The van der Waals surface area contributed by atoms with Gasteiger partial charge in [-0.3, -0.25) is 10.1 Å².